The van der Waals surface area contributed by atoms with Crippen molar-refractivity contribution in [2.75, 3.05) is 6.54 Å². The van der Waals surface area contributed by atoms with E-state index in [9.17, 15) is 9.59 Å². The van der Waals surface area contributed by atoms with E-state index in [-0.39, 0.29) is 11.5 Å². The van der Waals surface area contributed by atoms with Gasteiger partial charge in [0.1, 0.15) is 10.7 Å². The third kappa shape index (κ3) is 3.37. The van der Waals surface area contributed by atoms with E-state index >= 15 is 0 Å². The lowest BCUT2D eigenvalue weighted by Crippen LogP contribution is -2.24. The number of fused-ring (bicyclic) bond motifs is 3. The molecule has 2 N–H and O–H groups in total. The van der Waals surface area contributed by atoms with E-state index in [2.05, 4.69) is 28.8 Å². The molecule has 6 heteroatoms. The number of nitrogens with zero attached hydrogens (tertiary/aromatic N) is 1. The van der Waals surface area contributed by atoms with Crippen molar-refractivity contribution in [3.63, 3.8) is 0 Å². The van der Waals surface area contributed by atoms with Gasteiger partial charge >= 0.3 is 0 Å². The van der Waals surface area contributed by atoms with E-state index in [1.165, 1.54) is 10.4 Å². The highest BCUT2D eigenvalue weighted by Crippen LogP contribution is 2.35. The van der Waals surface area contributed by atoms with Crippen molar-refractivity contribution in [3.05, 3.63) is 39.3 Å². The predicted octanol–water partition coefficient (Wildman–Crippen LogP) is 2.34. The zero-order valence-corrected chi connectivity index (χ0v) is 14.1. The molecule has 0 spiro atoms. The average molecular weight is 331 g/mol. The molecule has 2 aromatic heterocycles. The summed E-state index contributed by atoms with van der Waals surface area (Å²) in [5.74, 6) is 1.19. The fourth-order valence-electron chi connectivity index (χ4n) is 3.02. The van der Waals surface area contributed by atoms with Gasteiger partial charge in [0.15, 0.2) is 0 Å². The van der Waals surface area contributed by atoms with Crippen LogP contribution in [0.3, 0.4) is 0 Å². The summed E-state index contributed by atoms with van der Waals surface area (Å²) >= 11 is 1.64. The van der Waals surface area contributed by atoms with E-state index in [4.69, 9.17) is 0 Å². The second kappa shape index (κ2) is 6.66. The first-order valence-electron chi connectivity index (χ1n) is 7.99. The number of rotatable bonds is 5. The van der Waals surface area contributed by atoms with Crippen LogP contribution in [0.1, 0.15) is 36.0 Å². The summed E-state index contributed by atoms with van der Waals surface area (Å²) in [4.78, 5) is 33.6. The molecule has 1 atom stereocenters. The number of amides is 1. The first kappa shape index (κ1) is 15.9. The van der Waals surface area contributed by atoms with Crippen LogP contribution in [-0.4, -0.2) is 22.4 Å². The monoisotopic (exact) mass is 331 g/mol. The standard InChI is InChI=1S/C17H21N3O2S/c1-3-8-18-14(21)7-6-13-19-16(22)15-11-5-4-10(2)9-12(11)23-17(15)20-13/h3,10H,1,4-9H2,2H3,(H,18,21)(H,19,20,22)/t10-/m1/s1. The van der Waals surface area contributed by atoms with Crippen LogP contribution >= 0.6 is 11.3 Å². The van der Waals surface area contributed by atoms with Gasteiger partial charge in [0.2, 0.25) is 5.91 Å². The van der Waals surface area contributed by atoms with Crippen LogP contribution in [0.2, 0.25) is 0 Å². The smallest absolute Gasteiger partial charge is 0.259 e. The first-order valence-corrected chi connectivity index (χ1v) is 8.81. The second-order valence-corrected chi connectivity index (χ2v) is 7.22. The Kier molecular flexibility index (Phi) is 4.61. The Bertz CT molecular complexity index is 806. The number of hydrogen-bond donors (Lipinski definition) is 2. The summed E-state index contributed by atoms with van der Waals surface area (Å²) in [7, 11) is 0. The molecule has 0 saturated heterocycles. The molecule has 5 nitrogen and oxygen atoms in total. The summed E-state index contributed by atoms with van der Waals surface area (Å²) in [6.45, 7) is 6.26. The molecule has 0 aromatic carbocycles. The van der Waals surface area contributed by atoms with Crippen LogP contribution in [0.5, 0.6) is 0 Å². The van der Waals surface area contributed by atoms with Gasteiger partial charge in [0.25, 0.3) is 5.56 Å². The lowest BCUT2D eigenvalue weighted by atomic mass is 9.89. The second-order valence-electron chi connectivity index (χ2n) is 6.14. The number of nitrogens with one attached hydrogen (secondary N) is 2. The molecule has 122 valence electrons. The predicted molar refractivity (Wildman–Crippen MR) is 93.0 cm³/mol. The van der Waals surface area contributed by atoms with Crippen molar-refractivity contribution >= 4 is 27.5 Å². The number of H-pyrrole nitrogens is 1. The van der Waals surface area contributed by atoms with Crippen molar-refractivity contribution in [1.82, 2.24) is 15.3 Å². The summed E-state index contributed by atoms with van der Waals surface area (Å²) in [6.07, 6.45) is 5.52. The van der Waals surface area contributed by atoms with Crippen LogP contribution in [0.25, 0.3) is 10.2 Å². The SMILES string of the molecule is C=CCNC(=O)CCc1nc2sc3c(c2c(=O)[nH]1)CC[C@@H](C)C3. The lowest BCUT2D eigenvalue weighted by molar-refractivity contribution is -0.120. The van der Waals surface area contributed by atoms with Gasteiger partial charge in [-0.3, -0.25) is 9.59 Å². The molecule has 0 fully saturated rings. The zero-order chi connectivity index (χ0) is 16.4. The van der Waals surface area contributed by atoms with Crippen LogP contribution < -0.4 is 10.9 Å². The third-order valence-electron chi connectivity index (χ3n) is 4.25. The maximum atomic E-state index is 12.4. The highest BCUT2D eigenvalue weighted by Gasteiger charge is 2.23. The Morgan fingerprint density at radius 3 is 3.17 bits per heavy atom. The summed E-state index contributed by atoms with van der Waals surface area (Å²) < 4.78 is 0. The fraction of sp³-hybridized carbons (Fsp3) is 0.471. The van der Waals surface area contributed by atoms with Crippen LogP contribution in [-0.2, 0) is 24.1 Å². The van der Waals surface area contributed by atoms with Gasteiger partial charge in [0, 0.05) is 24.3 Å². The van der Waals surface area contributed by atoms with E-state index in [1.54, 1.807) is 17.4 Å². The molecular formula is C17H21N3O2S. The highest BCUT2D eigenvalue weighted by atomic mass is 32.1. The van der Waals surface area contributed by atoms with Crippen LogP contribution in [0.15, 0.2) is 17.4 Å². The number of aromatic nitrogens is 2. The number of carbonyl (C=O) groups excluding carboxylic acids is 1. The average Bonchev–Trinajstić information content (AvgIpc) is 2.88. The lowest BCUT2D eigenvalue weighted by Gasteiger charge is -2.17. The molecule has 2 heterocycles. The Morgan fingerprint density at radius 2 is 2.39 bits per heavy atom. The van der Waals surface area contributed by atoms with Crippen LogP contribution in [0, 0.1) is 5.92 Å². The molecule has 23 heavy (non-hydrogen) atoms. The van der Waals surface area contributed by atoms with Gasteiger partial charge in [-0.1, -0.05) is 13.0 Å². The Labute approximate surface area is 138 Å². The molecule has 1 aliphatic rings. The summed E-state index contributed by atoms with van der Waals surface area (Å²) in [6, 6.07) is 0. The van der Waals surface area contributed by atoms with E-state index < -0.39 is 0 Å². The van der Waals surface area contributed by atoms with Gasteiger partial charge in [-0.05, 0) is 30.7 Å². The van der Waals surface area contributed by atoms with Crippen molar-refractivity contribution in [1.29, 1.82) is 0 Å². The fourth-order valence-corrected chi connectivity index (χ4v) is 4.42. The third-order valence-corrected chi connectivity index (χ3v) is 5.40. The summed E-state index contributed by atoms with van der Waals surface area (Å²) in [5.41, 5.74) is 1.12. The minimum atomic E-state index is -0.0662. The minimum Gasteiger partial charge on any atom is -0.353 e. The van der Waals surface area contributed by atoms with Crippen molar-refractivity contribution < 1.29 is 4.79 Å². The molecule has 0 saturated carbocycles. The van der Waals surface area contributed by atoms with E-state index in [0.717, 1.165) is 29.5 Å². The quantitative estimate of drug-likeness (QED) is 0.826. The number of hydrogen-bond acceptors (Lipinski definition) is 4. The van der Waals surface area contributed by atoms with Crippen LogP contribution in [0.4, 0.5) is 0 Å². The molecule has 0 radical (unpaired) electrons. The Hall–Kier alpha value is -1.95. The number of aromatic amines is 1. The molecule has 0 aliphatic heterocycles. The minimum absolute atomic E-state index is 0.0630. The Balaban J connectivity index is 1.83. The topological polar surface area (TPSA) is 74.8 Å². The molecule has 1 amide bonds. The zero-order valence-electron chi connectivity index (χ0n) is 13.3. The Morgan fingerprint density at radius 1 is 1.57 bits per heavy atom. The number of aryl methyl sites for hydroxylation is 2. The number of carbonyl (C=O) groups is 1. The van der Waals surface area contributed by atoms with Gasteiger partial charge in [-0.2, -0.15) is 0 Å². The van der Waals surface area contributed by atoms with Gasteiger partial charge < -0.3 is 10.3 Å². The molecule has 0 bridgehead atoms. The van der Waals surface area contributed by atoms with Gasteiger partial charge in [-0.15, -0.1) is 17.9 Å². The van der Waals surface area contributed by atoms with Crippen molar-refractivity contribution in [2.24, 2.45) is 5.92 Å². The molecule has 0 unspecified atom stereocenters. The maximum absolute atomic E-state index is 12.4. The maximum Gasteiger partial charge on any atom is 0.259 e. The molecule has 3 rings (SSSR count). The highest BCUT2D eigenvalue weighted by molar-refractivity contribution is 7.18. The van der Waals surface area contributed by atoms with Gasteiger partial charge in [-0.25, -0.2) is 4.98 Å². The van der Waals surface area contributed by atoms with Crippen molar-refractivity contribution in [3.8, 4) is 0 Å². The van der Waals surface area contributed by atoms with E-state index in [1.807, 2.05) is 0 Å². The molecule has 2 aromatic rings. The number of thiophene rings is 1. The normalized spacial score (nSPS) is 17.0. The largest absolute Gasteiger partial charge is 0.353 e. The van der Waals surface area contributed by atoms with E-state index in [0.29, 0.717) is 31.1 Å². The van der Waals surface area contributed by atoms with Gasteiger partial charge in [0.05, 0.1) is 5.39 Å². The molecule has 1 aliphatic carbocycles. The van der Waals surface area contributed by atoms with Crippen molar-refractivity contribution in [2.45, 2.75) is 39.0 Å². The first-order chi connectivity index (χ1) is 11.1. The molecular weight excluding hydrogens is 310 g/mol. The summed E-state index contributed by atoms with van der Waals surface area (Å²) in [5, 5.41) is 3.49.